The molecular weight excluding hydrogens is 176 g/mol. The van der Waals surface area contributed by atoms with E-state index < -0.39 is 0 Å². The minimum absolute atomic E-state index is 0.100. The van der Waals surface area contributed by atoms with Gasteiger partial charge in [-0.1, -0.05) is 33.1 Å². The summed E-state index contributed by atoms with van der Waals surface area (Å²) in [5.74, 6) is 0.494. The summed E-state index contributed by atoms with van der Waals surface area (Å²) in [5.41, 5.74) is -0.100. The van der Waals surface area contributed by atoms with E-state index in [0.717, 1.165) is 0 Å². The van der Waals surface area contributed by atoms with Crippen LogP contribution in [0.4, 0.5) is 0 Å². The molecule has 1 rings (SSSR count). The molecule has 0 radical (unpaired) electrons. The zero-order chi connectivity index (χ0) is 10.6. The van der Waals surface area contributed by atoms with Crippen LogP contribution in [0.1, 0.15) is 46.0 Å². The van der Waals surface area contributed by atoms with Gasteiger partial charge in [-0.15, -0.1) is 0 Å². The number of rotatable bonds is 4. The Morgan fingerprint density at radius 2 is 1.86 bits per heavy atom. The fourth-order valence-electron chi connectivity index (χ4n) is 2.55. The van der Waals surface area contributed by atoms with Crippen molar-refractivity contribution in [2.75, 3.05) is 13.7 Å². The monoisotopic (exact) mass is 200 g/mol. The summed E-state index contributed by atoms with van der Waals surface area (Å²) >= 11 is 0. The number of hydrogen-bond acceptors (Lipinski definition) is 2. The van der Waals surface area contributed by atoms with Crippen LogP contribution in [-0.2, 0) is 4.74 Å². The molecule has 0 amide bonds. The molecule has 1 aliphatic carbocycles. The molecule has 0 saturated heterocycles. The van der Waals surface area contributed by atoms with E-state index in [-0.39, 0.29) is 11.5 Å². The average Bonchev–Trinajstić information content (AvgIpc) is 2.18. The maximum atomic E-state index is 10.3. The molecule has 0 unspecified atom stereocenters. The zero-order valence-electron chi connectivity index (χ0n) is 9.75. The smallest absolute Gasteiger partial charge is 0.0641 e. The van der Waals surface area contributed by atoms with Crippen molar-refractivity contribution in [3.05, 3.63) is 0 Å². The van der Waals surface area contributed by atoms with E-state index in [2.05, 4.69) is 13.8 Å². The van der Waals surface area contributed by atoms with Gasteiger partial charge in [0.05, 0.1) is 12.7 Å². The summed E-state index contributed by atoms with van der Waals surface area (Å²) in [4.78, 5) is 0. The van der Waals surface area contributed by atoms with Crippen molar-refractivity contribution in [2.45, 2.75) is 52.1 Å². The summed E-state index contributed by atoms with van der Waals surface area (Å²) in [6.07, 6.45) is 6.08. The van der Waals surface area contributed by atoms with Gasteiger partial charge in [-0.3, -0.25) is 0 Å². The number of aliphatic hydroxyl groups excluding tert-OH is 1. The van der Waals surface area contributed by atoms with E-state index in [1.54, 1.807) is 7.11 Å². The third kappa shape index (κ3) is 2.96. The first-order valence-corrected chi connectivity index (χ1v) is 5.75. The number of aliphatic hydroxyl groups is 1. The Morgan fingerprint density at radius 3 is 2.36 bits per heavy atom. The van der Waals surface area contributed by atoms with Crippen molar-refractivity contribution in [1.29, 1.82) is 0 Å². The summed E-state index contributed by atoms with van der Waals surface area (Å²) in [5, 5.41) is 10.3. The first-order chi connectivity index (χ1) is 6.58. The standard InChI is InChI=1S/C12H24O2/c1-12(2,9-14-3)11(13)10-7-5-4-6-8-10/h10-11,13H,4-9H2,1-3H3/t11-/m0/s1. The highest BCUT2D eigenvalue weighted by Crippen LogP contribution is 2.34. The van der Waals surface area contributed by atoms with Crippen LogP contribution in [0.15, 0.2) is 0 Å². The lowest BCUT2D eigenvalue weighted by Gasteiger charge is -2.37. The van der Waals surface area contributed by atoms with Crippen LogP contribution >= 0.6 is 0 Å². The van der Waals surface area contributed by atoms with E-state index in [1.165, 1.54) is 32.1 Å². The molecular formula is C12H24O2. The largest absolute Gasteiger partial charge is 0.392 e. The van der Waals surface area contributed by atoms with E-state index >= 15 is 0 Å². The Labute approximate surface area is 87.7 Å². The molecule has 1 atom stereocenters. The van der Waals surface area contributed by atoms with Gasteiger partial charge in [0.15, 0.2) is 0 Å². The SMILES string of the molecule is COCC(C)(C)[C@@H](O)C1CCCCC1. The van der Waals surface area contributed by atoms with Crippen LogP contribution in [0, 0.1) is 11.3 Å². The number of hydrogen-bond donors (Lipinski definition) is 1. The Morgan fingerprint density at radius 1 is 1.29 bits per heavy atom. The summed E-state index contributed by atoms with van der Waals surface area (Å²) < 4.78 is 5.16. The van der Waals surface area contributed by atoms with Gasteiger partial charge in [0.25, 0.3) is 0 Å². The van der Waals surface area contributed by atoms with Crippen molar-refractivity contribution < 1.29 is 9.84 Å². The molecule has 0 aromatic rings. The molecule has 2 heteroatoms. The Balaban J connectivity index is 2.48. The van der Waals surface area contributed by atoms with Crippen molar-refractivity contribution in [2.24, 2.45) is 11.3 Å². The minimum atomic E-state index is -0.206. The fraction of sp³-hybridized carbons (Fsp3) is 1.00. The summed E-state index contributed by atoms with van der Waals surface area (Å²) in [7, 11) is 1.70. The second-order valence-corrected chi connectivity index (χ2v) is 5.26. The van der Waals surface area contributed by atoms with Crippen LogP contribution < -0.4 is 0 Å². The first-order valence-electron chi connectivity index (χ1n) is 5.75. The minimum Gasteiger partial charge on any atom is -0.392 e. The second-order valence-electron chi connectivity index (χ2n) is 5.26. The number of ether oxygens (including phenoxy) is 1. The molecule has 2 nitrogen and oxygen atoms in total. The molecule has 1 fully saturated rings. The van der Waals surface area contributed by atoms with Crippen molar-refractivity contribution in [1.82, 2.24) is 0 Å². The molecule has 0 aromatic heterocycles. The molecule has 0 bridgehead atoms. The lowest BCUT2D eigenvalue weighted by atomic mass is 9.74. The zero-order valence-corrected chi connectivity index (χ0v) is 9.75. The van der Waals surface area contributed by atoms with E-state index in [0.29, 0.717) is 12.5 Å². The lowest BCUT2D eigenvalue weighted by Crippen LogP contribution is -2.40. The van der Waals surface area contributed by atoms with Crippen molar-refractivity contribution in [3.63, 3.8) is 0 Å². The molecule has 0 aliphatic heterocycles. The molecule has 0 aromatic carbocycles. The van der Waals surface area contributed by atoms with Gasteiger partial charge in [-0.25, -0.2) is 0 Å². The Bertz CT molecular complexity index is 160. The summed E-state index contributed by atoms with van der Waals surface area (Å²) in [6, 6.07) is 0. The van der Waals surface area contributed by atoms with Gasteiger partial charge in [0, 0.05) is 12.5 Å². The second kappa shape index (κ2) is 5.13. The molecule has 0 heterocycles. The van der Waals surface area contributed by atoms with Crippen LogP contribution in [0.5, 0.6) is 0 Å². The van der Waals surface area contributed by atoms with E-state index in [4.69, 9.17) is 4.74 Å². The first kappa shape index (κ1) is 12.0. The van der Waals surface area contributed by atoms with Gasteiger partial charge < -0.3 is 9.84 Å². The van der Waals surface area contributed by atoms with E-state index in [9.17, 15) is 5.11 Å². The van der Waals surface area contributed by atoms with Gasteiger partial charge in [0.1, 0.15) is 0 Å². The van der Waals surface area contributed by atoms with Crippen LogP contribution in [-0.4, -0.2) is 24.9 Å². The highest BCUT2D eigenvalue weighted by atomic mass is 16.5. The highest BCUT2D eigenvalue weighted by molar-refractivity contribution is 4.84. The van der Waals surface area contributed by atoms with Gasteiger partial charge >= 0.3 is 0 Å². The van der Waals surface area contributed by atoms with Crippen LogP contribution in [0.25, 0.3) is 0 Å². The van der Waals surface area contributed by atoms with Crippen molar-refractivity contribution >= 4 is 0 Å². The topological polar surface area (TPSA) is 29.5 Å². The molecule has 14 heavy (non-hydrogen) atoms. The maximum absolute atomic E-state index is 10.3. The predicted octanol–water partition coefficient (Wildman–Crippen LogP) is 2.60. The number of methoxy groups -OCH3 is 1. The Hall–Kier alpha value is -0.0800. The van der Waals surface area contributed by atoms with Crippen LogP contribution in [0.3, 0.4) is 0 Å². The lowest BCUT2D eigenvalue weighted by molar-refractivity contribution is -0.0492. The quantitative estimate of drug-likeness (QED) is 0.756. The normalized spacial score (nSPS) is 22.3. The Kier molecular flexibility index (Phi) is 4.39. The molecule has 1 N–H and O–H groups in total. The fourth-order valence-corrected chi connectivity index (χ4v) is 2.55. The highest BCUT2D eigenvalue weighted by Gasteiger charge is 2.34. The molecule has 0 spiro atoms. The van der Waals surface area contributed by atoms with Crippen molar-refractivity contribution in [3.8, 4) is 0 Å². The molecule has 84 valence electrons. The molecule has 1 saturated carbocycles. The maximum Gasteiger partial charge on any atom is 0.0641 e. The average molecular weight is 200 g/mol. The third-order valence-corrected chi connectivity index (χ3v) is 3.41. The van der Waals surface area contributed by atoms with Gasteiger partial charge in [-0.2, -0.15) is 0 Å². The van der Waals surface area contributed by atoms with E-state index in [1.807, 2.05) is 0 Å². The van der Waals surface area contributed by atoms with Gasteiger partial charge in [-0.05, 0) is 18.8 Å². The van der Waals surface area contributed by atoms with Gasteiger partial charge in [0.2, 0.25) is 0 Å². The summed E-state index contributed by atoms with van der Waals surface area (Å²) in [6.45, 7) is 4.83. The third-order valence-electron chi connectivity index (χ3n) is 3.41. The molecule has 1 aliphatic rings. The predicted molar refractivity (Wildman–Crippen MR) is 58.2 cm³/mol. The van der Waals surface area contributed by atoms with Crippen LogP contribution in [0.2, 0.25) is 0 Å².